The Morgan fingerprint density at radius 3 is 2.95 bits per heavy atom. The van der Waals surface area contributed by atoms with E-state index >= 15 is 0 Å². The van der Waals surface area contributed by atoms with Gasteiger partial charge in [-0.2, -0.15) is 4.98 Å². The van der Waals surface area contributed by atoms with E-state index in [9.17, 15) is 4.79 Å². The van der Waals surface area contributed by atoms with Crippen LogP contribution in [0.1, 0.15) is 12.3 Å². The number of carbonyl (C=O) groups is 1. The number of aryl methyl sites for hydroxylation is 1. The SMILES string of the molecule is O=C(O)CCc1nc(-c2cc3ccccc3o2)no1. The van der Waals surface area contributed by atoms with Gasteiger partial charge in [-0.3, -0.25) is 4.79 Å². The number of carboxylic acid groups (broad SMARTS) is 1. The molecule has 6 heteroatoms. The van der Waals surface area contributed by atoms with E-state index in [1.54, 1.807) is 0 Å². The summed E-state index contributed by atoms with van der Waals surface area (Å²) < 4.78 is 10.6. The van der Waals surface area contributed by atoms with Gasteiger partial charge in [-0.05, 0) is 12.1 Å². The zero-order chi connectivity index (χ0) is 13.2. The number of hydrogen-bond donors (Lipinski definition) is 1. The lowest BCUT2D eigenvalue weighted by Gasteiger charge is -1.87. The molecule has 0 amide bonds. The molecule has 0 saturated carbocycles. The topological polar surface area (TPSA) is 89.4 Å². The molecule has 3 rings (SSSR count). The Kier molecular flexibility index (Phi) is 2.75. The van der Waals surface area contributed by atoms with Gasteiger partial charge in [-0.25, -0.2) is 0 Å². The average molecular weight is 258 g/mol. The van der Waals surface area contributed by atoms with Gasteiger partial charge in [0.15, 0.2) is 5.76 Å². The van der Waals surface area contributed by atoms with E-state index in [0.717, 1.165) is 11.0 Å². The molecule has 0 unspecified atom stereocenters. The van der Waals surface area contributed by atoms with E-state index in [0.29, 0.717) is 11.6 Å². The maximum atomic E-state index is 10.5. The molecule has 0 aliphatic rings. The maximum absolute atomic E-state index is 10.5. The first kappa shape index (κ1) is 11.5. The predicted molar refractivity (Wildman–Crippen MR) is 65.5 cm³/mol. The minimum atomic E-state index is -0.900. The monoisotopic (exact) mass is 258 g/mol. The van der Waals surface area contributed by atoms with Gasteiger partial charge < -0.3 is 14.0 Å². The summed E-state index contributed by atoms with van der Waals surface area (Å²) >= 11 is 0. The number of benzene rings is 1. The third-order valence-corrected chi connectivity index (χ3v) is 2.67. The molecule has 0 spiro atoms. The lowest BCUT2D eigenvalue weighted by Crippen LogP contribution is -1.97. The number of furan rings is 1. The van der Waals surface area contributed by atoms with Crippen LogP contribution in [0.15, 0.2) is 39.3 Å². The fraction of sp³-hybridized carbons (Fsp3) is 0.154. The number of aromatic nitrogens is 2. The molecule has 2 aromatic heterocycles. The molecule has 0 bridgehead atoms. The van der Waals surface area contributed by atoms with Crippen LogP contribution in [-0.2, 0) is 11.2 Å². The molecule has 0 radical (unpaired) electrons. The highest BCUT2D eigenvalue weighted by Gasteiger charge is 2.13. The van der Waals surface area contributed by atoms with Crippen LogP contribution in [0, 0.1) is 0 Å². The van der Waals surface area contributed by atoms with Crippen LogP contribution in [0.3, 0.4) is 0 Å². The lowest BCUT2D eigenvalue weighted by molar-refractivity contribution is -0.137. The van der Waals surface area contributed by atoms with Crippen molar-refractivity contribution in [2.75, 3.05) is 0 Å². The van der Waals surface area contributed by atoms with Crippen LogP contribution in [0.5, 0.6) is 0 Å². The van der Waals surface area contributed by atoms with Gasteiger partial charge >= 0.3 is 5.97 Å². The minimum Gasteiger partial charge on any atom is -0.481 e. The largest absolute Gasteiger partial charge is 0.481 e. The van der Waals surface area contributed by atoms with Crippen molar-refractivity contribution in [1.82, 2.24) is 10.1 Å². The van der Waals surface area contributed by atoms with E-state index in [1.807, 2.05) is 30.3 Å². The fourth-order valence-electron chi connectivity index (χ4n) is 1.76. The average Bonchev–Trinajstić information content (AvgIpc) is 3.02. The zero-order valence-electron chi connectivity index (χ0n) is 9.87. The number of rotatable bonds is 4. The van der Waals surface area contributed by atoms with Gasteiger partial charge in [0, 0.05) is 11.8 Å². The van der Waals surface area contributed by atoms with Gasteiger partial charge in [0.1, 0.15) is 5.58 Å². The second-order valence-corrected chi connectivity index (χ2v) is 4.05. The van der Waals surface area contributed by atoms with E-state index in [1.165, 1.54) is 0 Å². The summed E-state index contributed by atoms with van der Waals surface area (Å²) in [7, 11) is 0. The molecule has 96 valence electrons. The highest BCUT2D eigenvalue weighted by molar-refractivity contribution is 5.81. The van der Waals surface area contributed by atoms with Crippen LogP contribution in [0.25, 0.3) is 22.6 Å². The Hall–Kier alpha value is -2.63. The molecular weight excluding hydrogens is 248 g/mol. The molecular formula is C13H10N2O4. The lowest BCUT2D eigenvalue weighted by atomic mass is 10.2. The van der Waals surface area contributed by atoms with E-state index in [-0.39, 0.29) is 18.7 Å². The number of fused-ring (bicyclic) bond motifs is 1. The molecule has 3 aromatic rings. The van der Waals surface area contributed by atoms with Crippen molar-refractivity contribution in [3.63, 3.8) is 0 Å². The maximum Gasteiger partial charge on any atom is 0.303 e. The van der Waals surface area contributed by atoms with Crippen molar-refractivity contribution < 1.29 is 18.8 Å². The first-order valence-corrected chi connectivity index (χ1v) is 5.76. The standard InChI is InChI=1S/C13H10N2O4/c16-12(17)6-5-11-14-13(15-19-11)10-7-8-3-1-2-4-9(8)18-10/h1-4,7H,5-6H2,(H,16,17). The molecule has 0 fully saturated rings. The molecule has 0 saturated heterocycles. The molecule has 0 aliphatic carbocycles. The molecule has 6 nitrogen and oxygen atoms in total. The normalized spacial score (nSPS) is 10.9. The van der Waals surface area contributed by atoms with Gasteiger partial charge in [0.05, 0.1) is 6.42 Å². The van der Waals surface area contributed by atoms with Crippen molar-refractivity contribution in [2.24, 2.45) is 0 Å². The Balaban J connectivity index is 1.87. The molecule has 0 atom stereocenters. The third kappa shape index (κ3) is 2.33. The summed E-state index contributed by atoms with van der Waals surface area (Å²) in [6.45, 7) is 0. The summed E-state index contributed by atoms with van der Waals surface area (Å²) in [5.41, 5.74) is 0.745. The summed E-state index contributed by atoms with van der Waals surface area (Å²) in [6.07, 6.45) is 0.171. The first-order chi connectivity index (χ1) is 9.22. The van der Waals surface area contributed by atoms with Crippen LogP contribution >= 0.6 is 0 Å². The summed E-state index contributed by atoms with van der Waals surface area (Å²) in [6, 6.07) is 9.39. The second-order valence-electron chi connectivity index (χ2n) is 4.05. The van der Waals surface area contributed by atoms with Gasteiger partial charge in [0.25, 0.3) is 0 Å². The van der Waals surface area contributed by atoms with Crippen molar-refractivity contribution in [3.8, 4) is 11.6 Å². The van der Waals surface area contributed by atoms with Crippen molar-refractivity contribution >= 4 is 16.9 Å². The van der Waals surface area contributed by atoms with Crippen LogP contribution in [-0.4, -0.2) is 21.2 Å². The Morgan fingerprint density at radius 1 is 1.32 bits per heavy atom. The Bertz CT molecular complexity index is 696. The van der Waals surface area contributed by atoms with Gasteiger partial charge in [0.2, 0.25) is 11.7 Å². The quantitative estimate of drug-likeness (QED) is 0.773. The molecule has 0 aliphatic heterocycles. The van der Waals surface area contributed by atoms with Crippen LogP contribution in [0.2, 0.25) is 0 Å². The van der Waals surface area contributed by atoms with Gasteiger partial charge in [-0.1, -0.05) is 23.4 Å². The second kappa shape index (κ2) is 4.56. The van der Waals surface area contributed by atoms with Crippen molar-refractivity contribution in [1.29, 1.82) is 0 Å². The fourth-order valence-corrected chi connectivity index (χ4v) is 1.76. The summed E-state index contributed by atoms with van der Waals surface area (Å²) in [4.78, 5) is 14.6. The molecule has 1 aromatic carbocycles. The Labute approximate surface area is 107 Å². The smallest absolute Gasteiger partial charge is 0.303 e. The minimum absolute atomic E-state index is 0.0399. The van der Waals surface area contributed by atoms with Crippen molar-refractivity contribution in [2.45, 2.75) is 12.8 Å². The predicted octanol–water partition coefficient (Wildman–Crippen LogP) is 2.50. The van der Waals surface area contributed by atoms with Gasteiger partial charge in [-0.15, -0.1) is 0 Å². The summed E-state index contributed by atoms with van der Waals surface area (Å²) in [5, 5.41) is 13.3. The number of carboxylic acids is 1. The summed E-state index contributed by atoms with van der Waals surface area (Å²) in [5.74, 6) is 0.226. The number of nitrogens with zero attached hydrogens (tertiary/aromatic N) is 2. The number of aliphatic carboxylic acids is 1. The van der Waals surface area contributed by atoms with E-state index in [4.69, 9.17) is 14.0 Å². The van der Waals surface area contributed by atoms with Crippen molar-refractivity contribution in [3.05, 3.63) is 36.2 Å². The third-order valence-electron chi connectivity index (χ3n) is 2.67. The first-order valence-electron chi connectivity index (χ1n) is 5.76. The highest BCUT2D eigenvalue weighted by Crippen LogP contribution is 2.25. The molecule has 19 heavy (non-hydrogen) atoms. The Morgan fingerprint density at radius 2 is 2.16 bits per heavy atom. The van der Waals surface area contributed by atoms with Crippen LogP contribution in [0.4, 0.5) is 0 Å². The zero-order valence-corrected chi connectivity index (χ0v) is 9.87. The highest BCUT2D eigenvalue weighted by atomic mass is 16.5. The van der Waals surface area contributed by atoms with Crippen LogP contribution < -0.4 is 0 Å². The number of para-hydroxylation sites is 1. The molecule has 2 heterocycles. The van der Waals surface area contributed by atoms with E-state index < -0.39 is 5.97 Å². The number of hydrogen-bond acceptors (Lipinski definition) is 5. The molecule has 1 N–H and O–H groups in total. The van der Waals surface area contributed by atoms with E-state index in [2.05, 4.69) is 10.1 Å².